The van der Waals surface area contributed by atoms with Crippen LogP contribution >= 0.6 is 0 Å². The molecule has 1 heterocycles. The first-order valence-electron chi connectivity index (χ1n) is 5.69. The molecule has 1 fully saturated rings. The molecule has 17 heavy (non-hydrogen) atoms. The third kappa shape index (κ3) is 2.91. The number of rotatable bonds is 2. The molecule has 1 amide bonds. The van der Waals surface area contributed by atoms with E-state index in [1.165, 1.54) is 0 Å². The van der Waals surface area contributed by atoms with Crippen LogP contribution in [0.15, 0.2) is 30.3 Å². The SMILES string of the molecule is O=C1CCN(C(=O)Cc2ccccc2)C[C@@H]1O. The van der Waals surface area contributed by atoms with E-state index >= 15 is 0 Å². The number of amides is 1. The van der Waals surface area contributed by atoms with Crippen molar-refractivity contribution in [1.82, 2.24) is 4.90 Å². The van der Waals surface area contributed by atoms with Crippen molar-refractivity contribution in [3.8, 4) is 0 Å². The number of hydrogen-bond donors (Lipinski definition) is 1. The summed E-state index contributed by atoms with van der Waals surface area (Å²) in [7, 11) is 0. The highest BCUT2D eigenvalue weighted by molar-refractivity contribution is 5.87. The van der Waals surface area contributed by atoms with E-state index in [4.69, 9.17) is 0 Å². The van der Waals surface area contributed by atoms with Crippen molar-refractivity contribution < 1.29 is 14.7 Å². The minimum atomic E-state index is -1.01. The number of nitrogens with zero attached hydrogens (tertiary/aromatic N) is 1. The van der Waals surface area contributed by atoms with Crippen molar-refractivity contribution in [1.29, 1.82) is 0 Å². The van der Waals surface area contributed by atoms with Gasteiger partial charge in [-0.3, -0.25) is 9.59 Å². The molecule has 2 rings (SSSR count). The second kappa shape index (κ2) is 5.10. The molecule has 1 N–H and O–H groups in total. The van der Waals surface area contributed by atoms with Crippen LogP contribution in [-0.4, -0.2) is 40.9 Å². The Morgan fingerprint density at radius 2 is 2.06 bits per heavy atom. The number of hydrogen-bond acceptors (Lipinski definition) is 3. The molecule has 1 aromatic rings. The first-order chi connectivity index (χ1) is 8.16. The van der Waals surface area contributed by atoms with Gasteiger partial charge < -0.3 is 10.0 Å². The van der Waals surface area contributed by atoms with Crippen molar-refractivity contribution in [2.75, 3.05) is 13.1 Å². The third-order valence-corrected chi connectivity index (χ3v) is 2.94. The average molecular weight is 233 g/mol. The molecule has 4 heteroatoms. The number of aliphatic hydroxyl groups excluding tert-OH is 1. The smallest absolute Gasteiger partial charge is 0.227 e. The fourth-order valence-electron chi connectivity index (χ4n) is 1.92. The number of piperidine rings is 1. The lowest BCUT2D eigenvalue weighted by Crippen LogP contribution is -2.47. The number of benzene rings is 1. The fraction of sp³-hybridized carbons (Fsp3) is 0.385. The molecule has 1 aliphatic heterocycles. The number of ketones is 1. The zero-order chi connectivity index (χ0) is 12.3. The fourth-order valence-corrected chi connectivity index (χ4v) is 1.92. The largest absolute Gasteiger partial charge is 0.383 e. The molecular formula is C13H15NO3. The molecule has 1 aliphatic rings. The van der Waals surface area contributed by atoms with E-state index in [2.05, 4.69) is 0 Å². The van der Waals surface area contributed by atoms with Crippen LogP contribution in [0, 0.1) is 0 Å². The van der Waals surface area contributed by atoms with E-state index in [-0.39, 0.29) is 24.7 Å². The summed E-state index contributed by atoms with van der Waals surface area (Å²) < 4.78 is 0. The topological polar surface area (TPSA) is 57.6 Å². The van der Waals surface area contributed by atoms with Gasteiger partial charge in [0.1, 0.15) is 6.10 Å². The Morgan fingerprint density at radius 1 is 1.35 bits per heavy atom. The van der Waals surface area contributed by atoms with Crippen LogP contribution in [0.5, 0.6) is 0 Å². The lowest BCUT2D eigenvalue weighted by Gasteiger charge is -2.29. The van der Waals surface area contributed by atoms with Crippen molar-refractivity contribution in [2.24, 2.45) is 0 Å². The lowest BCUT2D eigenvalue weighted by molar-refractivity contribution is -0.140. The van der Waals surface area contributed by atoms with E-state index in [1.54, 1.807) is 4.90 Å². The molecule has 0 saturated carbocycles. The molecule has 0 bridgehead atoms. The maximum Gasteiger partial charge on any atom is 0.227 e. The van der Waals surface area contributed by atoms with Crippen LogP contribution in [0.25, 0.3) is 0 Å². The molecule has 1 saturated heterocycles. The standard InChI is InChI=1S/C13H15NO3/c15-11-6-7-14(9-12(11)16)13(17)8-10-4-2-1-3-5-10/h1-5,12,16H,6-9H2/t12-/m0/s1. The molecule has 0 unspecified atom stereocenters. The second-order valence-corrected chi connectivity index (χ2v) is 4.23. The van der Waals surface area contributed by atoms with E-state index in [9.17, 15) is 14.7 Å². The number of likely N-dealkylation sites (tertiary alicyclic amines) is 1. The summed E-state index contributed by atoms with van der Waals surface area (Å²) in [5, 5.41) is 9.42. The Balaban J connectivity index is 1.95. The van der Waals surface area contributed by atoms with Gasteiger partial charge >= 0.3 is 0 Å². The number of aliphatic hydroxyl groups is 1. The lowest BCUT2D eigenvalue weighted by atomic mass is 10.1. The van der Waals surface area contributed by atoms with Crippen LogP contribution in [-0.2, 0) is 16.0 Å². The van der Waals surface area contributed by atoms with Gasteiger partial charge in [0, 0.05) is 13.0 Å². The van der Waals surface area contributed by atoms with E-state index in [0.29, 0.717) is 13.0 Å². The first-order valence-corrected chi connectivity index (χ1v) is 5.69. The highest BCUT2D eigenvalue weighted by Gasteiger charge is 2.27. The molecule has 1 atom stereocenters. The van der Waals surface area contributed by atoms with Crippen LogP contribution < -0.4 is 0 Å². The summed E-state index contributed by atoms with van der Waals surface area (Å²) in [6.07, 6.45) is -0.438. The Bertz CT molecular complexity index is 416. The van der Waals surface area contributed by atoms with Crippen molar-refractivity contribution >= 4 is 11.7 Å². The van der Waals surface area contributed by atoms with Gasteiger partial charge in [-0.25, -0.2) is 0 Å². The Labute approximate surface area is 99.9 Å². The number of carbonyl (C=O) groups is 2. The van der Waals surface area contributed by atoms with Gasteiger partial charge in [-0.05, 0) is 5.56 Å². The first kappa shape index (κ1) is 11.8. The highest BCUT2D eigenvalue weighted by Crippen LogP contribution is 2.09. The zero-order valence-electron chi connectivity index (χ0n) is 9.50. The van der Waals surface area contributed by atoms with Gasteiger partial charge in [0.05, 0.1) is 13.0 Å². The van der Waals surface area contributed by atoms with E-state index in [0.717, 1.165) is 5.56 Å². The minimum Gasteiger partial charge on any atom is -0.383 e. The monoisotopic (exact) mass is 233 g/mol. The summed E-state index contributed by atoms with van der Waals surface area (Å²) in [4.78, 5) is 24.6. The van der Waals surface area contributed by atoms with Crippen molar-refractivity contribution in [3.63, 3.8) is 0 Å². The molecule has 0 spiro atoms. The van der Waals surface area contributed by atoms with Gasteiger partial charge in [0.2, 0.25) is 5.91 Å². The summed E-state index contributed by atoms with van der Waals surface area (Å²) in [5.74, 6) is -0.212. The van der Waals surface area contributed by atoms with Gasteiger partial charge in [0.25, 0.3) is 0 Å². The molecule has 90 valence electrons. The molecule has 0 radical (unpaired) electrons. The highest BCUT2D eigenvalue weighted by atomic mass is 16.3. The Hall–Kier alpha value is -1.68. The van der Waals surface area contributed by atoms with E-state index in [1.807, 2.05) is 30.3 Å². The average Bonchev–Trinajstić information content (AvgIpc) is 2.34. The van der Waals surface area contributed by atoms with Crippen LogP contribution in [0.4, 0.5) is 0 Å². The predicted octanol–water partition coefficient (Wildman–Crippen LogP) is 0.391. The van der Waals surface area contributed by atoms with Crippen LogP contribution in [0.3, 0.4) is 0 Å². The molecule has 0 aliphatic carbocycles. The van der Waals surface area contributed by atoms with Gasteiger partial charge in [-0.1, -0.05) is 30.3 Å². The number of β-amino-alcohol motifs (C(OH)–C–C–N with tert-alkyl or cyclic N) is 1. The summed E-state index contributed by atoms with van der Waals surface area (Å²) in [6.45, 7) is 0.548. The van der Waals surface area contributed by atoms with Crippen LogP contribution in [0.2, 0.25) is 0 Å². The predicted molar refractivity (Wildman–Crippen MR) is 62.4 cm³/mol. The summed E-state index contributed by atoms with van der Waals surface area (Å²) in [6, 6.07) is 9.46. The maximum absolute atomic E-state index is 11.9. The maximum atomic E-state index is 11.9. The number of Topliss-reactive ketones (excluding diaryl/α,β-unsaturated/α-hetero) is 1. The normalized spacial score (nSPS) is 20.4. The van der Waals surface area contributed by atoms with Crippen LogP contribution in [0.1, 0.15) is 12.0 Å². The van der Waals surface area contributed by atoms with Crippen molar-refractivity contribution in [2.45, 2.75) is 18.9 Å². The quantitative estimate of drug-likeness (QED) is 0.804. The number of carbonyl (C=O) groups excluding carboxylic acids is 2. The van der Waals surface area contributed by atoms with Gasteiger partial charge in [-0.15, -0.1) is 0 Å². The molecule has 0 aromatic heterocycles. The van der Waals surface area contributed by atoms with E-state index < -0.39 is 6.10 Å². The van der Waals surface area contributed by atoms with Gasteiger partial charge in [0.15, 0.2) is 5.78 Å². The Kier molecular flexibility index (Phi) is 3.54. The molecule has 1 aromatic carbocycles. The summed E-state index contributed by atoms with van der Waals surface area (Å²) in [5.41, 5.74) is 0.948. The summed E-state index contributed by atoms with van der Waals surface area (Å²) >= 11 is 0. The zero-order valence-corrected chi connectivity index (χ0v) is 9.50. The molecular weight excluding hydrogens is 218 g/mol. The minimum absolute atomic E-state index is 0.0391. The second-order valence-electron chi connectivity index (χ2n) is 4.23. The van der Waals surface area contributed by atoms with Gasteiger partial charge in [-0.2, -0.15) is 0 Å². The molecule has 4 nitrogen and oxygen atoms in total. The van der Waals surface area contributed by atoms with Crippen molar-refractivity contribution in [3.05, 3.63) is 35.9 Å². The Morgan fingerprint density at radius 3 is 2.71 bits per heavy atom. The third-order valence-electron chi connectivity index (χ3n) is 2.94.